The van der Waals surface area contributed by atoms with Crippen molar-refractivity contribution < 1.29 is 28.7 Å². The number of carbonyl (C=O) groups is 4. The molecule has 69 heavy (non-hydrogen) atoms. The second kappa shape index (κ2) is 19.4. The number of likely N-dealkylation sites (tertiary alicyclic amines) is 3. The number of piperidine rings is 1. The molecule has 15 heteroatoms. The highest BCUT2D eigenvalue weighted by Crippen LogP contribution is 2.52. The molecule has 4 atom stereocenters. The first-order valence-electron chi connectivity index (χ1n) is 24.1. The van der Waals surface area contributed by atoms with Crippen molar-refractivity contribution in [1.29, 1.82) is 0 Å². The van der Waals surface area contributed by atoms with Crippen LogP contribution >= 0.6 is 0 Å². The van der Waals surface area contributed by atoms with Crippen molar-refractivity contribution in [1.82, 2.24) is 45.3 Å². The summed E-state index contributed by atoms with van der Waals surface area (Å²) in [6.45, 7) is 3.19. The molecule has 0 saturated carbocycles. The molecule has 4 amide bonds. The molecule has 4 N–H and O–H groups in total. The third kappa shape index (κ3) is 8.87. The lowest BCUT2D eigenvalue weighted by Gasteiger charge is -2.40. The van der Waals surface area contributed by atoms with Crippen LogP contribution in [0.2, 0.25) is 0 Å². The van der Waals surface area contributed by atoms with Crippen LogP contribution in [0.15, 0.2) is 109 Å². The summed E-state index contributed by atoms with van der Waals surface area (Å²) < 4.78 is 9.79. The van der Waals surface area contributed by atoms with Gasteiger partial charge in [-0.1, -0.05) is 97.1 Å². The van der Waals surface area contributed by atoms with Crippen LogP contribution in [0.4, 0.5) is 9.59 Å². The van der Waals surface area contributed by atoms with Crippen LogP contribution in [0, 0.1) is 0 Å². The molecule has 0 radical (unpaired) electrons. The molecule has 6 aromatic rings. The number of hydrogen-bond acceptors (Lipinski definition) is 9. The zero-order chi connectivity index (χ0) is 47.6. The first-order chi connectivity index (χ1) is 33.6. The minimum Gasteiger partial charge on any atom is -0.453 e. The van der Waals surface area contributed by atoms with Crippen LogP contribution < -0.4 is 10.6 Å². The third-order valence-electron chi connectivity index (χ3n) is 15.0. The SMILES string of the molecule is COC(=O)NC(C(=O)N1CCCC1c1ncc(-c2ccc(-c3ccc(-c4cnc(C5CCCN5C(=O)C(NC(=O)OC)c5ccccc5)[nH]4)c4c3C3(CC4)CCN(C)CC3)cc2)[nH]1)c1ccccc1. The van der Waals surface area contributed by atoms with Crippen LogP contribution in [-0.2, 0) is 30.9 Å². The number of alkyl carbamates (subject to hydrolysis) is 2. The third-order valence-corrected chi connectivity index (χ3v) is 15.0. The lowest BCUT2D eigenvalue weighted by Crippen LogP contribution is -2.42. The lowest BCUT2D eigenvalue weighted by atomic mass is 9.71. The molecule has 10 rings (SSSR count). The van der Waals surface area contributed by atoms with E-state index in [4.69, 9.17) is 19.4 Å². The van der Waals surface area contributed by atoms with E-state index in [1.54, 1.807) is 0 Å². The molecule has 3 fully saturated rings. The Morgan fingerprint density at radius 3 is 1.65 bits per heavy atom. The Hall–Kier alpha value is -7.26. The molecule has 5 heterocycles. The Labute approximate surface area is 402 Å². The predicted molar refractivity (Wildman–Crippen MR) is 261 cm³/mol. The Kier molecular flexibility index (Phi) is 12.8. The fourth-order valence-corrected chi connectivity index (χ4v) is 11.3. The Bertz CT molecular complexity index is 2820. The van der Waals surface area contributed by atoms with Gasteiger partial charge in [0, 0.05) is 18.7 Å². The van der Waals surface area contributed by atoms with Gasteiger partial charge in [0.05, 0.1) is 50.1 Å². The number of carbonyl (C=O) groups excluding carboxylic acids is 4. The summed E-state index contributed by atoms with van der Waals surface area (Å²) in [6, 6.07) is 29.4. The maximum Gasteiger partial charge on any atom is 0.407 e. The van der Waals surface area contributed by atoms with E-state index in [1.807, 2.05) is 82.9 Å². The fraction of sp³-hybridized carbons (Fsp3) is 0.370. The van der Waals surface area contributed by atoms with Gasteiger partial charge < -0.3 is 44.8 Å². The molecule has 4 aliphatic rings. The van der Waals surface area contributed by atoms with Crippen molar-refractivity contribution in [2.24, 2.45) is 0 Å². The molecule has 4 aromatic carbocycles. The standard InChI is InChI=1S/C54H59N9O6/c1-61-30-26-54(27-31-61)25-24-40-39(42-33-56-49(58-42)44-17-11-29-63(44)51(65)47(60-53(67)69-3)37-14-8-5-9-15-37)23-22-38(45(40)54)34-18-20-35(21-19-34)41-32-55-48(57-41)43-16-10-28-62(43)50(64)46(59-52(66)68-2)36-12-6-4-7-13-36/h4-9,12-15,18-23,32-33,43-44,46-47H,10-11,16-17,24-31H2,1-3H3,(H,55,57)(H,56,58)(H,59,66)(H,60,67). The van der Waals surface area contributed by atoms with Crippen LogP contribution in [0.25, 0.3) is 33.6 Å². The van der Waals surface area contributed by atoms with E-state index in [9.17, 15) is 19.2 Å². The van der Waals surface area contributed by atoms with Crippen molar-refractivity contribution in [2.75, 3.05) is 47.4 Å². The van der Waals surface area contributed by atoms with Gasteiger partial charge in [0.1, 0.15) is 23.7 Å². The van der Waals surface area contributed by atoms with Crippen LogP contribution in [0.1, 0.15) is 103 Å². The average molecular weight is 930 g/mol. The number of benzene rings is 4. The summed E-state index contributed by atoms with van der Waals surface area (Å²) in [5.41, 5.74) is 10.5. The average Bonchev–Trinajstić information content (AvgIpc) is 4.26. The summed E-state index contributed by atoms with van der Waals surface area (Å²) in [6.07, 6.45) is 9.79. The Morgan fingerprint density at radius 2 is 1.12 bits per heavy atom. The number of fused-ring (bicyclic) bond motifs is 2. The van der Waals surface area contributed by atoms with Crippen molar-refractivity contribution in [2.45, 2.75) is 80.9 Å². The maximum atomic E-state index is 14.2. The number of H-pyrrole nitrogens is 2. The molecule has 15 nitrogen and oxygen atoms in total. The van der Waals surface area contributed by atoms with Gasteiger partial charge in [0.15, 0.2) is 0 Å². The second-order valence-electron chi connectivity index (χ2n) is 18.9. The van der Waals surface area contributed by atoms with Crippen molar-refractivity contribution in [3.05, 3.63) is 143 Å². The summed E-state index contributed by atoms with van der Waals surface area (Å²) in [4.78, 5) is 76.2. The summed E-state index contributed by atoms with van der Waals surface area (Å²) >= 11 is 0. The summed E-state index contributed by atoms with van der Waals surface area (Å²) in [7, 11) is 4.80. The topological polar surface area (TPSA) is 178 Å². The van der Waals surface area contributed by atoms with Gasteiger partial charge >= 0.3 is 12.2 Å². The monoisotopic (exact) mass is 929 g/mol. The van der Waals surface area contributed by atoms with Gasteiger partial charge in [-0.2, -0.15) is 0 Å². The van der Waals surface area contributed by atoms with Crippen molar-refractivity contribution in [3.8, 4) is 33.6 Å². The van der Waals surface area contributed by atoms with E-state index in [0.29, 0.717) is 30.0 Å². The lowest BCUT2D eigenvalue weighted by molar-refractivity contribution is -0.135. The van der Waals surface area contributed by atoms with E-state index in [0.717, 1.165) is 98.4 Å². The van der Waals surface area contributed by atoms with Gasteiger partial charge in [0.2, 0.25) is 0 Å². The number of hydrogen-bond donors (Lipinski definition) is 4. The maximum absolute atomic E-state index is 14.2. The molecule has 1 spiro atoms. The molecule has 4 unspecified atom stereocenters. The van der Waals surface area contributed by atoms with Crippen LogP contribution in [0.5, 0.6) is 0 Å². The zero-order valence-electron chi connectivity index (χ0n) is 39.4. The highest BCUT2D eigenvalue weighted by molar-refractivity contribution is 5.88. The largest absolute Gasteiger partial charge is 0.453 e. The number of imidazole rings is 2. The normalized spacial score (nSPS) is 19.5. The van der Waals surface area contributed by atoms with E-state index in [1.165, 1.54) is 30.9 Å². The van der Waals surface area contributed by atoms with E-state index in [-0.39, 0.29) is 29.3 Å². The summed E-state index contributed by atoms with van der Waals surface area (Å²) in [5, 5.41) is 5.51. The first-order valence-corrected chi connectivity index (χ1v) is 24.1. The van der Waals surface area contributed by atoms with Crippen molar-refractivity contribution in [3.63, 3.8) is 0 Å². The van der Waals surface area contributed by atoms with E-state index < -0.39 is 24.3 Å². The molecule has 1 aliphatic carbocycles. The number of methoxy groups -OCH3 is 2. The van der Waals surface area contributed by atoms with E-state index >= 15 is 0 Å². The summed E-state index contributed by atoms with van der Waals surface area (Å²) in [5.74, 6) is 1.05. The Morgan fingerprint density at radius 1 is 0.623 bits per heavy atom. The highest BCUT2D eigenvalue weighted by Gasteiger charge is 2.44. The van der Waals surface area contributed by atoms with Crippen molar-refractivity contribution >= 4 is 24.0 Å². The van der Waals surface area contributed by atoms with Gasteiger partial charge in [-0.25, -0.2) is 19.6 Å². The first kappa shape index (κ1) is 45.5. The smallest absolute Gasteiger partial charge is 0.407 e. The van der Waals surface area contributed by atoms with Gasteiger partial charge in [-0.3, -0.25) is 9.59 Å². The highest BCUT2D eigenvalue weighted by atomic mass is 16.5. The fourth-order valence-electron chi connectivity index (χ4n) is 11.3. The number of aromatic nitrogens is 4. The molecule has 3 saturated heterocycles. The quantitative estimate of drug-likeness (QED) is 0.0991. The molecular formula is C54H59N9O6. The minimum atomic E-state index is -0.890. The number of nitrogens with zero attached hydrogens (tertiary/aromatic N) is 5. The second-order valence-corrected chi connectivity index (χ2v) is 18.9. The number of nitrogens with one attached hydrogen (secondary N) is 4. The minimum absolute atomic E-state index is 0.0528. The molecule has 0 bridgehead atoms. The van der Waals surface area contributed by atoms with Gasteiger partial charge in [0.25, 0.3) is 11.8 Å². The number of ether oxygens (including phenoxy) is 2. The molecule has 3 aliphatic heterocycles. The van der Waals surface area contributed by atoms with Gasteiger partial charge in [-0.05, 0) is 116 Å². The molecular weight excluding hydrogens is 871 g/mol. The zero-order valence-corrected chi connectivity index (χ0v) is 39.4. The number of aromatic amines is 2. The Balaban J connectivity index is 0.914. The number of amides is 4. The van der Waals surface area contributed by atoms with Crippen LogP contribution in [0.3, 0.4) is 0 Å². The predicted octanol–water partition coefficient (Wildman–Crippen LogP) is 8.57. The van der Waals surface area contributed by atoms with Crippen LogP contribution in [-0.4, -0.2) is 106 Å². The number of rotatable bonds is 11. The molecule has 2 aromatic heterocycles. The van der Waals surface area contributed by atoms with E-state index in [2.05, 4.69) is 68.9 Å². The molecule has 356 valence electrons. The van der Waals surface area contributed by atoms with Gasteiger partial charge in [-0.15, -0.1) is 0 Å².